The van der Waals surface area contributed by atoms with Gasteiger partial charge in [0, 0.05) is 24.3 Å². The van der Waals surface area contributed by atoms with Gasteiger partial charge in [0.2, 0.25) is 11.9 Å². The van der Waals surface area contributed by atoms with Gasteiger partial charge < -0.3 is 11.1 Å². The van der Waals surface area contributed by atoms with Crippen LogP contribution in [0.1, 0.15) is 17.2 Å². The monoisotopic (exact) mass is 350 g/mol. The second kappa shape index (κ2) is 6.40. The van der Waals surface area contributed by atoms with Gasteiger partial charge in [-0.1, -0.05) is 30.3 Å². The summed E-state index contributed by atoms with van der Waals surface area (Å²) in [6.45, 7) is 0.444. The average molecular weight is 350 g/mol. The van der Waals surface area contributed by atoms with Crippen molar-refractivity contribution in [1.29, 1.82) is 0 Å². The summed E-state index contributed by atoms with van der Waals surface area (Å²) in [4.78, 5) is 29.7. The minimum atomic E-state index is -0.581. The highest BCUT2D eigenvalue weighted by molar-refractivity contribution is 7.13. The van der Waals surface area contributed by atoms with Crippen LogP contribution in [0.2, 0.25) is 0 Å². The average Bonchev–Trinajstić information content (AvgIpc) is 3.29. The van der Waals surface area contributed by atoms with Crippen molar-refractivity contribution in [3.63, 3.8) is 0 Å². The highest BCUT2D eigenvalue weighted by atomic mass is 32.1. The number of fused-ring (bicyclic) bond motifs is 1. The molecule has 1 aliphatic heterocycles. The molecule has 3 heterocycles. The first-order valence-corrected chi connectivity index (χ1v) is 8.53. The third-order valence-electron chi connectivity index (χ3n) is 3.80. The summed E-state index contributed by atoms with van der Waals surface area (Å²) in [6, 6.07) is 9.71. The van der Waals surface area contributed by atoms with Crippen LogP contribution >= 0.6 is 11.3 Å². The lowest BCUT2D eigenvalue weighted by molar-refractivity contribution is -0.121. The van der Waals surface area contributed by atoms with E-state index in [1.54, 1.807) is 12.4 Å². The summed E-state index contributed by atoms with van der Waals surface area (Å²) in [5.74, 6) is -0.646. The molecule has 0 fully saturated rings. The van der Waals surface area contributed by atoms with E-state index in [1.165, 1.54) is 11.3 Å². The van der Waals surface area contributed by atoms with Gasteiger partial charge in [0.1, 0.15) is 22.3 Å². The second-order valence-electron chi connectivity index (χ2n) is 5.46. The van der Waals surface area contributed by atoms with Gasteiger partial charge in [-0.3, -0.25) is 9.79 Å². The Morgan fingerprint density at radius 1 is 1.24 bits per heavy atom. The first-order valence-electron chi connectivity index (χ1n) is 7.65. The lowest BCUT2D eigenvalue weighted by atomic mass is 10.1. The van der Waals surface area contributed by atoms with E-state index in [-0.39, 0.29) is 11.9 Å². The second-order valence-corrected chi connectivity index (χ2v) is 6.36. The number of nitrogen functional groups attached to an aromatic ring is 1. The van der Waals surface area contributed by atoms with Crippen molar-refractivity contribution in [3.05, 3.63) is 53.2 Å². The Kier molecular flexibility index (Phi) is 3.95. The molecular formula is C17H14N6OS. The molecule has 4 rings (SSSR count). The summed E-state index contributed by atoms with van der Waals surface area (Å²) in [6.07, 6.45) is 3.27. The molecule has 0 bridgehead atoms. The number of anilines is 1. The van der Waals surface area contributed by atoms with E-state index in [1.807, 2.05) is 35.7 Å². The molecule has 8 heteroatoms. The van der Waals surface area contributed by atoms with Crippen molar-refractivity contribution in [2.45, 2.75) is 12.5 Å². The number of thiazole rings is 1. The van der Waals surface area contributed by atoms with Gasteiger partial charge in [-0.05, 0) is 5.56 Å². The van der Waals surface area contributed by atoms with Crippen molar-refractivity contribution in [1.82, 2.24) is 20.3 Å². The molecule has 124 valence electrons. The SMILES string of the molecule is Nc1nc(-c2nccs2)c2c(n1)C(C(=O)NCc1ccccc1)C=N2. The number of hydrogen-bond donors (Lipinski definition) is 2. The fourth-order valence-electron chi connectivity index (χ4n) is 2.63. The minimum absolute atomic E-state index is 0.107. The topological polar surface area (TPSA) is 106 Å². The Morgan fingerprint density at radius 3 is 2.84 bits per heavy atom. The molecule has 1 aromatic carbocycles. The molecule has 1 unspecified atom stereocenters. The molecule has 0 radical (unpaired) electrons. The van der Waals surface area contributed by atoms with Gasteiger partial charge in [-0.15, -0.1) is 11.3 Å². The van der Waals surface area contributed by atoms with Crippen molar-refractivity contribution in [3.8, 4) is 10.7 Å². The lowest BCUT2D eigenvalue weighted by Crippen LogP contribution is -2.29. The maximum Gasteiger partial charge on any atom is 0.234 e. The van der Waals surface area contributed by atoms with E-state index in [4.69, 9.17) is 5.73 Å². The Morgan fingerprint density at radius 2 is 2.08 bits per heavy atom. The normalized spacial score (nSPS) is 15.1. The van der Waals surface area contributed by atoms with E-state index >= 15 is 0 Å². The standard InChI is InChI=1S/C17H14N6OS/c18-17-22-12-11(15(24)21-8-10-4-2-1-3-5-10)9-20-13(12)14(23-17)16-19-6-7-25-16/h1-7,9,11H,8H2,(H,21,24)(H2,18,22,23). The van der Waals surface area contributed by atoms with Crippen LogP contribution in [-0.4, -0.2) is 27.1 Å². The predicted octanol–water partition coefficient (Wildman–Crippen LogP) is 2.30. The molecule has 3 N–H and O–H groups in total. The first kappa shape index (κ1) is 15.4. The van der Waals surface area contributed by atoms with E-state index in [0.29, 0.717) is 28.6 Å². The van der Waals surface area contributed by atoms with Crippen molar-refractivity contribution < 1.29 is 4.79 Å². The Hall–Kier alpha value is -3.13. The van der Waals surface area contributed by atoms with Gasteiger partial charge in [0.15, 0.2) is 0 Å². The van der Waals surface area contributed by atoms with Crippen molar-refractivity contribution >= 4 is 35.1 Å². The van der Waals surface area contributed by atoms with Crippen molar-refractivity contribution in [2.24, 2.45) is 4.99 Å². The number of aliphatic imine (C=N–C) groups is 1. The first-order chi connectivity index (χ1) is 12.2. The fourth-order valence-corrected chi connectivity index (χ4v) is 3.26. The molecule has 1 aliphatic rings. The number of amides is 1. The molecule has 25 heavy (non-hydrogen) atoms. The fraction of sp³-hybridized carbons (Fsp3) is 0.118. The van der Waals surface area contributed by atoms with Crippen molar-refractivity contribution in [2.75, 3.05) is 5.73 Å². The van der Waals surface area contributed by atoms with E-state index in [2.05, 4.69) is 25.3 Å². The number of benzene rings is 1. The molecule has 1 atom stereocenters. The quantitative estimate of drug-likeness (QED) is 0.751. The highest BCUT2D eigenvalue weighted by Gasteiger charge is 2.31. The third kappa shape index (κ3) is 2.99. The number of carbonyl (C=O) groups excluding carboxylic acids is 1. The summed E-state index contributed by atoms with van der Waals surface area (Å²) in [5.41, 5.74) is 8.50. The molecule has 7 nitrogen and oxygen atoms in total. The molecule has 0 aliphatic carbocycles. The number of aromatic nitrogens is 3. The number of hydrogen-bond acceptors (Lipinski definition) is 7. The third-order valence-corrected chi connectivity index (χ3v) is 4.58. The van der Waals surface area contributed by atoms with Crippen LogP contribution < -0.4 is 11.1 Å². The zero-order valence-corrected chi connectivity index (χ0v) is 13.9. The van der Waals surface area contributed by atoms with Crippen LogP contribution in [0.25, 0.3) is 10.7 Å². The lowest BCUT2D eigenvalue weighted by Gasteiger charge is -2.11. The molecule has 0 spiro atoms. The maximum absolute atomic E-state index is 12.6. The van der Waals surface area contributed by atoms with Crippen LogP contribution in [0, 0.1) is 0 Å². The highest BCUT2D eigenvalue weighted by Crippen LogP contribution is 2.39. The van der Waals surface area contributed by atoms with Gasteiger partial charge in [-0.25, -0.2) is 15.0 Å². The molecule has 0 saturated heterocycles. The van der Waals surface area contributed by atoms with Gasteiger partial charge in [-0.2, -0.15) is 0 Å². The van der Waals surface area contributed by atoms with E-state index < -0.39 is 5.92 Å². The molecule has 0 saturated carbocycles. The molecule has 1 amide bonds. The zero-order chi connectivity index (χ0) is 17.2. The number of nitrogens with zero attached hydrogens (tertiary/aromatic N) is 4. The molecule has 3 aromatic rings. The summed E-state index contributed by atoms with van der Waals surface area (Å²) in [5, 5.41) is 5.46. The molecular weight excluding hydrogens is 336 g/mol. The van der Waals surface area contributed by atoms with Gasteiger partial charge >= 0.3 is 0 Å². The van der Waals surface area contributed by atoms with Crippen LogP contribution in [0.3, 0.4) is 0 Å². The summed E-state index contributed by atoms with van der Waals surface area (Å²) in [7, 11) is 0. The number of rotatable bonds is 4. The van der Waals surface area contributed by atoms with Crippen LogP contribution in [0.5, 0.6) is 0 Å². The maximum atomic E-state index is 12.6. The Bertz CT molecular complexity index is 939. The van der Waals surface area contributed by atoms with Gasteiger partial charge in [0.25, 0.3) is 0 Å². The largest absolute Gasteiger partial charge is 0.368 e. The summed E-state index contributed by atoms with van der Waals surface area (Å²) < 4.78 is 0. The summed E-state index contributed by atoms with van der Waals surface area (Å²) >= 11 is 1.44. The van der Waals surface area contributed by atoms with Gasteiger partial charge in [0.05, 0.1) is 5.69 Å². The van der Waals surface area contributed by atoms with E-state index in [9.17, 15) is 4.79 Å². The Balaban J connectivity index is 1.59. The smallest absolute Gasteiger partial charge is 0.234 e. The number of nitrogens with two attached hydrogens (primary N) is 1. The molecule has 2 aromatic heterocycles. The van der Waals surface area contributed by atoms with Crippen LogP contribution in [-0.2, 0) is 11.3 Å². The van der Waals surface area contributed by atoms with E-state index in [0.717, 1.165) is 5.56 Å². The number of carbonyl (C=O) groups is 1. The minimum Gasteiger partial charge on any atom is -0.368 e. The Labute approximate surface area is 147 Å². The van der Waals surface area contributed by atoms with Crippen LogP contribution in [0.4, 0.5) is 11.6 Å². The predicted molar refractivity (Wildman–Crippen MR) is 96.7 cm³/mol. The number of nitrogens with one attached hydrogen (secondary N) is 1. The zero-order valence-electron chi connectivity index (χ0n) is 13.1. The van der Waals surface area contributed by atoms with Crippen LogP contribution in [0.15, 0.2) is 46.9 Å².